The number of benzene rings is 2. The van der Waals surface area contributed by atoms with Gasteiger partial charge in [0.1, 0.15) is 18.1 Å². The van der Waals surface area contributed by atoms with Gasteiger partial charge in [-0.05, 0) is 55.3 Å². The van der Waals surface area contributed by atoms with Crippen LogP contribution in [-0.2, 0) is 11.2 Å². The van der Waals surface area contributed by atoms with Crippen LogP contribution in [0, 0.1) is 13.8 Å². The van der Waals surface area contributed by atoms with Crippen molar-refractivity contribution in [2.45, 2.75) is 20.3 Å². The molecule has 0 saturated carbocycles. The van der Waals surface area contributed by atoms with E-state index in [0.717, 1.165) is 39.2 Å². The van der Waals surface area contributed by atoms with Crippen molar-refractivity contribution in [3.63, 3.8) is 0 Å². The van der Waals surface area contributed by atoms with E-state index in [4.69, 9.17) is 9.47 Å². The number of methoxy groups -OCH3 is 1. The Morgan fingerprint density at radius 2 is 1.74 bits per heavy atom. The highest BCUT2D eigenvalue weighted by Crippen LogP contribution is 2.22. The smallest absolute Gasteiger partial charge is 0.224 e. The van der Waals surface area contributed by atoms with E-state index in [-0.39, 0.29) is 5.91 Å². The summed E-state index contributed by atoms with van der Waals surface area (Å²) in [5.74, 6) is 1.50. The van der Waals surface area contributed by atoms with Crippen molar-refractivity contribution >= 4 is 16.8 Å². The van der Waals surface area contributed by atoms with Crippen LogP contribution in [0.4, 0.5) is 0 Å². The van der Waals surface area contributed by atoms with Gasteiger partial charge < -0.3 is 14.8 Å². The number of amides is 1. The van der Waals surface area contributed by atoms with Crippen molar-refractivity contribution in [1.29, 1.82) is 0 Å². The Hall–Kier alpha value is -3.08. The van der Waals surface area contributed by atoms with Crippen LogP contribution in [0.2, 0.25) is 0 Å². The van der Waals surface area contributed by atoms with Crippen LogP contribution in [0.1, 0.15) is 16.8 Å². The second-order valence-electron chi connectivity index (χ2n) is 6.37. The van der Waals surface area contributed by atoms with E-state index in [1.54, 1.807) is 7.11 Å². The quantitative estimate of drug-likeness (QED) is 0.651. The number of aryl methyl sites for hydroxylation is 2. The van der Waals surface area contributed by atoms with Crippen molar-refractivity contribution < 1.29 is 14.3 Å². The van der Waals surface area contributed by atoms with Crippen LogP contribution in [0.25, 0.3) is 10.9 Å². The molecular formula is C22H24N2O3. The molecule has 0 aliphatic rings. The summed E-state index contributed by atoms with van der Waals surface area (Å²) < 4.78 is 10.7. The van der Waals surface area contributed by atoms with Crippen molar-refractivity contribution in [2.24, 2.45) is 0 Å². The number of aromatic nitrogens is 1. The molecule has 0 aliphatic heterocycles. The Morgan fingerprint density at radius 1 is 1.04 bits per heavy atom. The molecule has 0 bridgehead atoms. The van der Waals surface area contributed by atoms with Gasteiger partial charge in [0.05, 0.1) is 25.6 Å². The number of nitrogens with one attached hydrogen (secondary N) is 1. The van der Waals surface area contributed by atoms with Crippen LogP contribution in [0.5, 0.6) is 11.5 Å². The van der Waals surface area contributed by atoms with Crippen molar-refractivity contribution in [3.05, 3.63) is 65.4 Å². The number of hydrogen-bond acceptors (Lipinski definition) is 4. The number of carbonyl (C=O) groups is 1. The van der Waals surface area contributed by atoms with Crippen LogP contribution >= 0.6 is 0 Å². The molecule has 0 spiro atoms. The zero-order chi connectivity index (χ0) is 19.2. The SMILES string of the molecule is COc1ccc(OCCNC(=O)Cc2c(C)nc3ccccc3c2C)cc1. The lowest BCUT2D eigenvalue weighted by atomic mass is 9.99. The first kappa shape index (κ1) is 18.7. The second kappa shape index (κ2) is 8.54. The standard InChI is InChI=1S/C22H24N2O3/c1-15-19-6-4-5-7-21(19)24-16(2)20(15)14-22(25)23-12-13-27-18-10-8-17(26-3)9-11-18/h4-11H,12-14H2,1-3H3,(H,23,25). The highest BCUT2D eigenvalue weighted by Gasteiger charge is 2.12. The summed E-state index contributed by atoms with van der Waals surface area (Å²) in [5.41, 5.74) is 3.96. The van der Waals surface area contributed by atoms with Gasteiger partial charge >= 0.3 is 0 Å². The van der Waals surface area contributed by atoms with E-state index in [2.05, 4.69) is 10.3 Å². The van der Waals surface area contributed by atoms with Gasteiger partial charge in [-0.2, -0.15) is 0 Å². The molecule has 0 unspecified atom stereocenters. The number of fused-ring (bicyclic) bond motifs is 1. The number of carbonyl (C=O) groups excluding carboxylic acids is 1. The first-order chi connectivity index (χ1) is 13.1. The lowest BCUT2D eigenvalue weighted by molar-refractivity contribution is -0.120. The lowest BCUT2D eigenvalue weighted by Gasteiger charge is -2.13. The summed E-state index contributed by atoms with van der Waals surface area (Å²) in [6, 6.07) is 15.4. The van der Waals surface area contributed by atoms with Gasteiger partial charge in [0.25, 0.3) is 0 Å². The summed E-state index contributed by atoms with van der Waals surface area (Å²) in [5, 5.41) is 4.00. The van der Waals surface area contributed by atoms with E-state index in [1.165, 1.54) is 0 Å². The fraction of sp³-hybridized carbons (Fsp3) is 0.273. The molecule has 27 heavy (non-hydrogen) atoms. The first-order valence-electron chi connectivity index (χ1n) is 8.97. The first-order valence-corrected chi connectivity index (χ1v) is 8.97. The summed E-state index contributed by atoms with van der Waals surface area (Å²) in [4.78, 5) is 17.0. The monoisotopic (exact) mass is 364 g/mol. The highest BCUT2D eigenvalue weighted by atomic mass is 16.5. The molecule has 1 amide bonds. The Bertz CT molecular complexity index is 936. The van der Waals surface area contributed by atoms with Gasteiger partial charge in [-0.1, -0.05) is 18.2 Å². The third-order valence-corrected chi connectivity index (χ3v) is 4.58. The van der Waals surface area contributed by atoms with Crippen molar-refractivity contribution in [1.82, 2.24) is 10.3 Å². The van der Waals surface area contributed by atoms with Crippen LogP contribution in [0.3, 0.4) is 0 Å². The molecule has 3 aromatic rings. The third kappa shape index (κ3) is 4.56. The Kier molecular flexibility index (Phi) is 5.91. The largest absolute Gasteiger partial charge is 0.497 e. The summed E-state index contributed by atoms with van der Waals surface area (Å²) in [6.45, 7) is 4.86. The van der Waals surface area contributed by atoms with E-state index in [1.807, 2.05) is 62.4 Å². The molecule has 1 aromatic heterocycles. The maximum absolute atomic E-state index is 12.3. The van der Waals surface area contributed by atoms with E-state index >= 15 is 0 Å². The van der Waals surface area contributed by atoms with Crippen LogP contribution in [-0.4, -0.2) is 31.2 Å². The van der Waals surface area contributed by atoms with Gasteiger partial charge in [-0.25, -0.2) is 0 Å². The predicted molar refractivity (Wildman–Crippen MR) is 106 cm³/mol. The minimum absolute atomic E-state index is 0.0309. The van der Waals surface area contributed by atoms with Crippen LogP contribution < -0.4 is 14.8 Å². The third-order valence-electron chi connectivity index (χ3n) is 4.58. The highest BCUT2D eigenvalue weighted by molar-refractivity contribution is 5.86. The number of nitrogens with zero attached hydrogens (tertiary/aromatic N) is 1. The molecule has 0 fully saturated rings. The minimum atomic E-state index is -0.0309. The maximum Gasteiger partial charge on any atom is 0.224 e. The molecule has 5 heteroatoms. The molecule has 5 nitrogen and oxygen atoms in total. The Labute approximate surface area is 159 Å². The molecule has 3 rings (SSSR count). The topological polar surface area (TPSA) is 60.5 Å². The van der Waals surface area contributed by atoms with E-state index in [9.17, 15) is 4.79 Å². The van der Waals surface area contributed by atoms with Crippen molar-refractivity contribution in [2.75, 3.05) is 20.3 Å². The molecule has 2 aromatic carbocycles. The molecule has 0 saturated heterocycles. The zero-order valence-corrected chi connectivity index (χ0v) is 15.9. The molecule has 0 atom stereocenters. The molecule has 1 N–H and O–H groups in total. The van der Waals surface area contributed by atoms with Gasteiger partial charge in [0.2, 0.25) is 5.91 Å². The molecule has 1 heterocycles. The fourth-order valence-corrected chi connectivity index (χ4v) is 3.09. The summed E-state index contributed by atoms with van der Waals surface area (Å²) in [7, 11) is 1.62. The van der Waals surface area contributed by atoms with E-state index < -0.39 is 0 Å². The Balaban J connectivity index is 1.54. The van der Waals surface area contributed by atoms with Gasteiger partial charge in [-0.3, -0.25) is 9.78 Å². The molecular weight excluding hydrogens is 340 g/mol. The number of pyridine rings is 1. The van der Waals surface area contributed by atoms with E-state index in [0.29, 0.717) is 19.6 Å². The normalized spacial score (nSPS) is 10.6. The number of para-hydroxylation sites is 1. The van der Waals surface area contributed by atoms with Gasteiger partial charge in [-0.15, -0.1) is 0 Å². The number of hydrogen-bond donors (Lipinski definition) is 1. The predicted octanol–water partition coefficient (Wildman–Crippen LogP) is 3.60. The average molecular weight is 364 g/mol. The van der Waals surface area contributed by atoms with Gasteiger partial charge in [0.15, 0.2) is 0 Å². The average Bonchev–Trinajstić information content (AvgIpc) is 2.69. The van der Waals surface area contributed by atoms with Gasteiger partial charge in [0, 0.05) is 11.1 Å². The van der Waals surface area contributed by atoms with Crippen LogP contribution in [0.15, 0.2) is 48.5 Å². The number of rotatable bonds is 7. The second-order valence-corrected chi connectivity index (χ2v) is 6.37. The summed E-state index contributed by atoms with van der Waals surface area (Å²) in [6.07, 6.45) is 0.317. The molecule has 140 valence electrons. The fourth-order valence-electron chi connectivity index (χ4n) is 3.09. The molecule has 0 radical (unpaired) electrons. The Morgan fingerprint density at radius 3 is 2.48 bits per heavy atom. The molecule has 0 aliphatic carbocycles. The lowest BCUT2D eigenvalue weighted by Crippen LogP contribution is -2.30. The maximum atomic E-state index is 12.3. The minimum Gasteiger partial charge on any atom is -0.497 e. The summed E-state index contributed by atoms with van der Waals surface area (Å²) >= 11 is 0. The number of ether oxygens (including phenoxy) is 2. The van der Waals surface area contributed by atoms with Crippen molar-refractivity contribution in [3.8, 4) is 11.5 Å². The zero-order valence-electron chi connectivity index (χ0n) is 15.9.